The van der Waals surface area contributed by atoms with E-state index in [1.165, 1.54) is 10.9 Å². The van der Waals surface area contributed by atoms with Crippen molar-refractivity contribution in [1.29, 1.82) is 0 Å². The molecule has 0 saturated heterocycles. The van der Waals surface area contributed by atoms with Crippen molar-refractivity contribution in [2.24, 2.45) is 5.73 Å². The molecule has 1 aromatic heterocycles. The second kappa shape index (κ2) is 5.00. The minimum atomic E-state index is -4.42. The molecule has 0 amide bonds. The molecule has 0 aliphatic rings. The largest absolute Gasteiger partial charge is 0.435 e. The quantitative estimate of drug-likeness (QED) is 0.882. The van der Waals surface area contributed by atoms with Crippen LogP contribution >= 0.6 is 12.2 Å². The van der Waals surface area contributed by atoms with E-state index in [-0.39, 0.29) is 11.5 Å². The monoisotopic (exact) mass is 285 g/mol. The minimum absolute atomic E-state index is 0.229. The lowest BCUT2D eigenvalue weighted by molar-refractivity contribution is -0.141. The van der Waals surface area contributed by atoms with Crippen LogP contribution in [0.15, 0.2) is 36.5 Å². The number of nitrogens with zero attached hydrogens (tertiary/aromatic N) is 2. The van der Waals surface area contributed by atoms with Gasteiger partial charge in [0, 0.05) is 11.8 Å². The highest BCUT2D eigenvalue weighted by Crippen LogP contribution is 2.27. The van der Waals surface area contributed by atoms with Crippen LogP contribution in [-0.2, 0) is 12.7 Å². The van der Waals surface area contributed by atoms with Gasteiger partial charge >= 0.3 is 6.18 Å². The van der Waals surface area contributed by atoms with Gasteiger partial charge in [0.25, 0.3) is 0 Å². The van der Waals surface area contributed by atoms with Crippen molar-refractivity contribution in [3.05, 3.63) is 53.3 Å². The highest BCUT2D eigenvalue weighted by atomic mass is 32.1. The summed E-state index contributed by atoms with van der Waals surface area (Å²) in [5, 5.41) is 3.48. The smallest absolute Gasteiger partial charge is 0.389 e. The van der Waals surface area contributed by atoms with Gasteiger partial charge in [0.05, 0.1) is 6.54 Å². The van der Waals surface area contributed by atoms with Gasteiger partial charge in [0.2, 0.25) is 0 Å². The Morgan fingerprint density at radius 3 is 2.63 bits per heavy atom. The number of benzene rings is 1. The molecule has 100 valence electrons. The molecule has 0 spiro atoms. The number of nitrogens with two attached hydrogens (primary N) is 1. The van der Waals surface area contributed by atoms with Crippen LogP contribution in [-0.4, -0.2) is 14.8 Å². The predicted molar refractivity (Wildman–Crippen MR) is 68.7 cm³/mol. The molecule has 0 unspecified atom stereocenters. The second-order valence-electron chi connectivity index (χ2n) is 3.96. The van der Waals surface area contributed by atoms with Crippen molar-refractivity contribution in [3.63, 3.8) is 0 Å². The maximum atomic E-state index is 12.4. The van der Waals surface area contributed by atoms with Crippen molar-refractivity contribution >= 4 is 17.2 Å². The highest BCUT2D eigenvalue weighted by Gasteiger charge is 2.33. The van der Waals surface area contributed by atoms with Crippen molar-refractivity contribution in [2.75, 3.05) is 0 Å². The molecule has 1 aromatic carbocycles. The van der Waals surface area contributed by atoms with Gasteiger partial charge in [0.1, 0.15) is 4.99 Å². The number of aromatic nitrogens is 2. The van der Waals surface area contributed by atoms with Crippen LogP contribution in [0.1, 0.15) is 16.8 Å². The van der Waals surface area contributed by atoms with Crippen molar-refractivity contribution in [2.45, 2.75) is 12.7 Å². The van der Waals surface area contributed by atoms with Crippen LogP contribution in [0, 0.1) is 0 Å². The summed E-state index contributed by atoms with van der Waals surface area (Å²) in [5.41, 5.74) is 6.05. The maximum Gasteiger partial charge on any atom is 0.435 e. The van der Waals surface area contributed by atoms with Crippen LogP contribution < -0.4 is 5.73 Å². The maximum absolute atomic E-state index is 12.4. The summed E-state index contributed by atoms with van der Waals surface area (Å²) in [7, 11) is 0. The van der Waals surface area contributed by atoms with E-state index in [9.17, 15) is 13.2 Å². The van der Waals surface area contributed by atoms with E-state index in [4.69, 9.17) is 18.0 Å². The van der Waals surface area contributed by atoms with Crippen LogP contribution in [0.5, 0.6) is 0 Å². The Balaban J connectivity index is 2.19. The van der Waals surface area contributed by atoms with Crippen molar-refractivity contribution < 1.29 is 13.2 Å². The number of hydrogen-bond donors (Lipinski definition) is 1. The second-order valence-corrected chi connectivity index (χ2v) is 4.40. The SMILES string of the molecule is NC(=S)c1cccc(Cn2ccc(C(F)(F)F)n2)c1. The average molecular weight is 285 g/mol. The molecule has 3 nitrogen and oxygen atoms in total. The molecule has 0 aliphatic heterocycles. The first kappa shape index (κ1) is 13.5. The fraction of sp³-hybridized carbons (Fsp3) is 0.167. The summed E-state index contributed by atoms with van der Waals surface area (Å²) in [6.07, 6.45) is -3.14. The first-order chi connectivity index (χ1) is 8.86. The lowest BCUT2D eigenvalue weighted by Crippen LogP contribution is -2.11. The summed E-state index contributed by atoms with van der Waals surface area (Å²) < 4.78 is 38.4. The Morgan fingerprint density at radius 2 is 2.05 bits per heavy atom. The first-order valence-electron chi connectivity index (χ1n) is 5.35. The van der Waals surface area contributed by atoms with Gasteiger partial charge in [-0.2, -0.15) is 18.3 Å². The van der Waals surface area contributed by atoms with Gasteiger partial charge in [-0.3, -0.25) is 4.68 Å². The van der Waals surface area contributed by atoms with Gasteiger partial charge in [-0.25, -0.2) is 0 Å². The fourth-order valence-corrected chi connectivity index (χ4v) is 1.74. The van der Waals surface area contributed by atoms with Crippen LogP contribution in [0.3, 0.4) is 0 Å². The number of alkyl halides is 3. The molecule has 0 fully saturated rings. The third-order valence-corrected chi connectivity index (χ3v) is 2.72. The lowest BCUT2D eigenvalue weighted by Gasteiger charge is -2.05. The van der Waals surface area contributed by atoms with E-state index in [2.05, 4.69) is 5.10 Å². The Morgan fingerprint density at radius 1 is 1.32 bits per heavy atom. The Bertz CT molecular complexity index is 604. The summed E-state index contributed by atoms with van der Waals surface area (Å²) in [5.74, 6) is 0. The molecule has 0 saturated carbocycles. The van der Waals surface area contributed by atoms with Gasteiger partial charge in [-0.15, -0.1) is 0 Å². The summed E-state index contributed by atoms with van der Waals surface area (Å²) in [4.78, 5) is 0.248. The first-order valence-corrected chi connectivity index (χ1v) is 5.76. The van der Waals surface area contributed by atoms with Crippen molar-refractivity contribution in [3.8, 4) is 0 Å². The van der Waals surface area contributed by atoms with Crippen LogP contribution in [0.2, 0.25) is 0 Å². The summed E-state index contributed by atoms with van der Waals surface area (Å²) in [6.45, 7) is 0.229. The van der Waals surface area contributed by atoms with Gasteiger partial charge in [-0.05, 0) is 17.7 Å². The average Bonchev–Trinajstić information content (AvgIpc) is 2.77. The van der Waals surface area contributed by atoms with Crippen LogP contribution in [0.25, 0.3) is 0 Å². The topological polar surface area (TPSA) is 43.8 Å². The Labute approximate surface area is 112 Å². The fourth-order valence-electron chi connectivity index (χ4n) is 1.61. The third kappa shape index (κ3) is 3.31. The van der Waals surface area contributed by atoms with Gasteiger partial charge < -0.3 is 5.73 Å². The normalized spacial score (nSPS) is 11.5. The molecule has 1 heterocycles. The molecule has 2 aromatic rings. The molecule has 0 bridgehead atoms. The Hall–Kier alpha value is -1.89. The number of thiocarbonyl (C=S) groups is 1. The zero-order valence-electron chi connectivity index (χ0n) is 9.69. The number of hydrogen-bond acceptors (Lipinski definition) is 2. The molecule has 0 atom stereocenters. The number of halogens is 3. The van der Waals surface area contributed by atoms with Crippen molar-refractivity contribution in [1.82, 2.24) is 9.78 Å². The van der Waals surface area contributed by atoms with E-state index < -0.39 is 11.9 Å². The van der Waals surface area contributed by atoms with E-state index in [0.717, 1.165) is 11.6 Å². The zero-order chi connectivity index (χ0) is 14.0. The molecule has 0 radical (unpaired) electrons. The molecule has 7 heteroatoms. The van der Waals surface area contributed by atoms with E-state index >= 15 is 0 Å². The standard InChI is InChI=1S/C12H10F3N3S/c13-12(14,15)10-4-5-18(17-10)7-8-2-1-3-9(6-8)11(16)19/h1-6H,7H2,(H2,16,19). The third-order valence-electron chi connectivity index (χ3n) is 2.49. The molecular formula is C12H10F3N3S. The molecule has 2 rings (SSSR count). The lowest BCUT2D eigenvalue weighted by atomic mass is 10.1. The Kier molecular flexibility index (Phi) is 3.57. The summed E-state index contributed by atoms with van der Waals surface area (Å²) >= 11 is 4.85. The molecule has 2 N–H and O–H groups in total. The zero-order valence-corrected chi connectivity index (χ0v) is 10.5. The molecular weight excluding hydrogens is 275 g/mol. The van der Waals surface area contributed by atoms with Crippen LogP contribution in [0.4, 0.5) is 13.2 Å². The van der Waals surface area contributed by atoms with E-state index in [1.807, 2.05) is 0 Å². The van der Waals surface area contributed by atoms with Gasteiger partial charge in [0.15, 0.2) is 5.69 Å². The van der Waals surface area contributed by atoms with Gasteiger partial charge in [-0.1, -0.05) is 30.4 Å². The predicted octanol–water partition coefficient (Wildman–Crippen LogP) is 2.58. The molecule has 0 aliphatic carbocycles. The minimum Gasteiger partial charge on any atom is -0.389 e. The highest BCUT2D eigenvalue weighted by molar-refractivity contribution is 7.80. The van der Waals surface area contributed by atoms with E-state index in [1.54, 1.807) is 24.3 Å². The van der Waals surface area contributed by atoms with E-state index in [0.29, 0.717) is 5.56 Å². The number of rotatable bonds is 3. The molecule has 19 heavy (non-hydrogen) atoms. The summed E-state index contributed by atoms with van der Waals surface area (Å²) in [6, 6.07) is 7.94.